The molecule has 3 nitrogen and oxygen atoms in total. The van der Waals surface area contributed by atoms with Crippen molar-refractivity contribution >= 4 is 38.6 Å². The van der Waals surface area contributed by atoms with E-state index >= 15 is 0 Å². The SMILES string of the molecule is Cn1c(C(C#N)=Cc2cccc(Br)c2)nc2ccccc21. The second-order valence-electron chi connectivity index (χ2n) is 4.71. The summed E-state index contributed by atoms with van der Waals surface area (Å²) in [5, 5.41) is 9.48. The number of nitriles is 1. The summed E-state index contributed by atoms with van der Waals surface area (Å²) in [6.07, 6.45) is 1.85. The Hall–Kier alpha value is -2.38. The molecule has 0 spiro atoms. The van der Waals surface area contributed by atoms with Crippen molar-refractivity contribution in [3.05, 3.63) is 64.4 Å². The van der Waals surface area contributed by atoms with Gasteiger partial charge in [-0.25, -0.2) is 4.98 Å². The third-order valence-corrected chi connectivity index (χ3v) is 3.80. The van der Waals surface area contributed by atoms with Gasteiger partial charge >= 0.3 is 0 Å². The monoisotopic (exact) mass is 337 g/mol. The van der Waals surface area contributed by atoms with Crippen LogP contribution in [0, 0.1) is 11.3 Å². The van der Waals surface area contributed by atoms with Gasteiger partial charge in [-0.1, -0.05) is 40.2 Å². The van der Waals surface area contributed by atoms with Crippen molar-refractivity contribution in [2.75, 3.05) is 0 Å². The second-order valence-corrected chi connectivity index (χ2v) is 5.62. The van der Waals surface area contributed by atoms with Crippen LogP contribution in [0.1, 0.15) is 11.4 Å². The van der Waals surface area contributed by atoms with Gasteiger partial charge in [-0.2, -0.15) is 5.26 Å². The van der Waals surface area contributed by atoms with Crippen LogP contribution in [-0.4, -0.2) is 9.55 Å². The average Bonchev–Trinajstić information content (AvgIpc) is 2.82. The van der Waals surface area contributed by atoms with E-state index in [9.17, 15) is 5.26 Å². The molecule has 3 rings (SSSR count). The van der Waals surface area contributed by atoms with Crippen molar-refractivity contribution < 1.29 is 0 Å². The Morgan fingerprint density at radius 1 is 1.24 bits per heavy atom. The molecule has 0 aliphatic carbocycles. The lowest BCUT2D eigenvalue weighted by Crippen LogP contribution is -1.96. The highest BCUT2D eigenvalue weighted by molar-refractivity contribution is 9.10. The van der Waals surface area contributed by atoms with E-state index in [1.165, 1.54) is 0 Å². The van der Waals surface area contributed by atoms with Crippen molar-refractivity contribution in [1.82, 2.24) is 9.55 Å². The Morgan fingerprint density at radius 3 is 2.76 bits per heavy atom. The molecule has 0 atom stereocenters. The lowest BCUT2D eigenvalue weighted by Gasteiger charge is -2.01. The molecular formula is C17H12BrN3. The minimum absolute atomic E-state index is 0.548. The number of aromatic nitrogens is 2. The van der Waals surface area contributed by atoms with Crippen LogP contribution in [0.25, 0.3) is 22.7 Å². The maximum Gasteiger partial charge on any atom is 0.151 e. The summed E-state index contributed by atoms with van der Waals surface area (Å²) in [6.45, 7) is 0. The number of allylic oxidation sites excluding steroid dienone is 1. The summed E-state index contributed by atoms with van der Waals surface area (Å²) in [5.74, 6) is 0.679. The molecule has 3 aromatic rings. The highest BCUT2D eigenvalue weighted by Crippen LogP contribution is 2.22. The third kappa shape index (κ3) is 2.61. The molecule has 0 saturated carbocycles. The number of hydrogen-bond donors (Lipinski definition) is 0. The molecule has 1 aromatic heterocycles. The molecule has 0 N–H and O–H groups in total. The minimum atomic E-state index is 0.548. The predicted octanol–water partition coefficient (Wildman–Crippen LogP) is 4.40. The highest BCUT2D eigenvalue weighted by atomic mass is 79.9. The molecule has 102 valence electrons. The maximum absolute atomic E-state index is 9.48. The van der Waals surface area contributed by atoms with Gasteiger partial charge in [0.1, 0.15) is 6.07 Å². The Kier molecular flexibility index (Phi) is 3.59. The molecule has 0 saturated heterocycles. The number of halogens is 1. The Morgan fingerprint density at radius 2 is 2.05 bits per heavy atom. The van der Waals surface area contributed by atoms with E-state index in [2.05, 4.69) is 27.0 Å². The fourth-order valence-electron chi connectivity index (χ4n) is 2.30. The molecule has 1 heterocycles. The van der Waals surface area contributed by atoms with Crippen LogP contribution in [0.15, 0.2) is 53.0 Å². The van der Waals surface area contributed by atoms with Gasteiger partial charge in [-0.05, 0) is 35.9 Å². The Labute approximate surface area is 131 Å². The molecule has 0 amide bonds. The lowest BCUT2D eigenvalue weighted by atomic mass is 10.1. The number of hydrogen-bond acceptors (Lipinski definition) is 2. The number of aryl methyl sites for hydroxylation is 1. The zero-order valence-corrected chi connectivity index (χ0v) is 13.0. The van der Waals surface area contributed by atoms with Crippen LogP contribution in [0.3, 0.4) is 0 Å². The van der Waals surface area contributed by atoms with E-state index in [-0.39, 0.29) is 0 Å². The van der Waals surface area contributed by atoms with Gasteiger partial charge in [0.15, 0.2) is 5.82 Å². The normalized spacial score (nSPS) is 11.6. The zero-order chi connectivity index (χ0) is 14.8. The van der Waals surface area contributed by atoms with E-state index in [1.54, 1.807) is 0 Å². The molecule has 21 heavy (non-hydrogen) atoms. The number of fused-ring (bicyclic) bond motifs is 1. The Balaban J connectivity index is 2.15. The van der Waals surface area contributed by atoms with Crippen LogP contribution in [-0.2, 0) is 7.05 Å². The molecule has 0 aliphatic rings. The lowest BCUT2D eigenvalue weighted by molar-refractivity contribution is 0.925. The number of imidazole rings is 1. The van der Waals surface area contributed by atoms with Gasteiger partial charge in [0.05, 0.1) is 16.6 Å². The quantitative estimate of drug-likeness (QED) is 0.650. The fraction of sp³-hybridized carbons (Fsp3) is 0.0588. The van der Waals surface area contributed by atoms with Gasteiger partial charge in [0, 0.05) is 11.5 Å². The van der Waals surface area contributed by atoms with Crippen molar-refractivity contribution in [3.63, 3.8) is 0 Å². The average molecular weight is 338 g/mol. The summed E-state index contributed by atoms with van der Waals surface area (Å²) in [5.41, 5.74) is 3.42. The van der Waals surface area contributed by atoms with Gasteiger partial charge < -0.3 is 4.57 Å². The maximum atomic E-state index is 9.48. The molecule has 0 fully saturated rings. The van der Waals surface area contributed by atoms with Crippen molar-refractivity contribution in [2.45, 2.75) is 0 Å². The van der Waals surface area contributed by atoms with Gasteiger partial charge in [0.2, 0.25) is 0 Å². The number of benzene rings is 2. The first-order valence-corrected chi connectivity index (χ1v) is 7.27. The van der Waals surface area contributed by atoms with E-state index in [4.69, 9.17) is 0 Å². The van der Waals surface area contributed by atoms with E-state index in [0.29, 0.717) is 11.4 Å². The topological polar surface area (TPSA) is 41.6 Å². The standard InChI is InChI=1S/C17H12BrN3/c1-21-16-8-3-2-7-15(16)20-17(21)13(11-19)9-12-5-4-6-14(18)10-12/h2-10H,1H3. The fourth-order valence-corrected chi connectivity index (χ4v) is 2.71. The summed E-state index contributed by atoms with van der Waals surface area (Å²) in [6, 6.07) is 18.0. The first kappa shape index (κ1) is 13.6. The van der Waals surface area contributed by atoms with Gasteiger partial charge in [-0.3, -0.25) is 0 Å². The number of rotatable bonds is 2. The molecule has 0 bridgehead atoms. The second kappa shape index (κ2) is 5.55. The smallest absolute Gasteiger partial charge is 0.151 e. The molecule has 4 heteroatoms. The number of nitrogens with zero attached hydrogens (tertiary/aromatic N) is 3. The molecule has 0 unspecified atom stereocenters. The van der Waals surface area contributed by atoms with Gasteiger partial charge in [-0.15, -0.1) is 0 Å². The van der Waals surface area contributed by atoms with Crippen LogP contribution in [0.2, 0.25) is 0 Å². The molecule has 0 radical (unpaired) electrons. The summed E-state index contributed by atoms with van der Waals surface area (Å²) in [7, 11) is 1.93. The predicted molar refractivity (Wildman–Crippen MR) is 88.3 cm³/mol. The van der Waals surface area contributed by atoms with Crippen LogP contribution >= 0.6 is 15.9 Å². The largest absolute Gasteiger partial charge is 0.327 e. The minimum Gasteiger partial charge on any atom is -0.327 e. The van der Waals surface area contributed by atoms with Crippen LogP contribution < -0.4 is 0 Å². The first-order chi connectivity index (χ1) is 10.2. The summed E-state index contributed by atoms with van der Waals surface area (Å²) >= 11 is 3.44. The van der Waals surface area contributed by atoms with Gasteiger partial charge in [0.25, 0.3) is 0 Å². The van der Waals surface area contributed by atoms with Crippen molar-refractivity contribution in [2.24, 2.45) is 7.05 Å². The van der Waals surface area contributed by atoms with E-state index in [0.717, 1.165) is 21.1 Å². The molecule has 2 aromatic carbocycles. The zero-order valence-electron chi connectivity index (χ0n) is 11.4. The van der Waals surface area contributed by atoms with Crippen LogP contribution in [0.5, 0.6) is 0 Å². The van der Waals surface area contributed by atoms with E-state index < -0.39 is 0 Å². The molecular weight excluding hydrogens is 326 g/mol. The van der Waals surface area contributed by atoms with Crippen molar-refractivity contribution in [3.8, 4) is 6.07 Å². The summed E-state index contributed by atoms with van der Waals surface area (Å²) in [4.78, 5) is 4.56. The summed E-state index contributed by atoms with van der Waals surface area (Å²) < 4.78 is 2.93. The number of para-hydroxylation sites is 2. The van der Waals surface area contributed by atoms with Crippen molar-refractivity contribution in [1.29, 1.82) is 5.26 Å². The third-order valence-electron chi connectivity index (χ3n) is 3.31. The van der Waals surface area contributed by atoms with Crippen LogP contribution in [0.4, 0.5) is 0 Å². The Bertz CT molecular complexity index is 884. The highest BCUT2D eigenvalue weighted by Gasteiger charge is 2.11. The molecule has 0 aliphatic heterocycles. The van der Waals surface area contributed by atoms with E-state index in [1.807, 2.05) is 66.2 Å². The first-order valence-electron chi connectivity index (χ1n) is 6.48.